The van der Waals surface area contributed by atoms with E-state index in [0.717, 1.165) is 12.1 Å². The minimum Gasteiger partial charge on any atom is -0.421 e. The molecular weight excluding hydrogens is 350 g/mol. The Hall–Kier alpha value is -3.40. The van der Waals surface area contributed by atoms with E-state index in [-0.39, 0.29) is 17.0 Å². The molecule has 0 saturated carbocycles. The van der Waals surface area contributed by atoms with Gasteiger partial charge in [0.2, 0.25) is 0 Å². The van der Waals surface area contributed by atoms with E-state index in [0.29, 0.717) is 5.39 Å². The predicted octanol–water partition coefficient (Wildman–Crippen LogP) is 2.08. The van der Waals surface area contributed by atoms with Gasteiger partial charge in [0, 0.05) is 17.1 Å². The number of benzene rings is 2. The number of fused-ring (bicyclic) bond motifs is 1. The topological polar surface area (TPSA) is 146 Å². The van der Waals surface area contributed by atoms with E-state index < -0.39 is 31.2 Å². The second-order valence-electron chi connectivity index (χ2n) is 5.08. The molecule has 0 amide bonds. The van der Waals surface area contributed by atoms with Crippen LogP contribution in [0.3, 0.4) is 0 Å². The Kier molecular flexibility index (Phi) is 3.89. The molecule has 3 rings (SSSR count). The lowest BCUT2D eigenvalue weighted by Gasteiger charge is -2.08. The summed E-state index contributed by atoms with van der Waals surface area (Å²) in [7, 11) is -4.40. The first-order valence-corrected chi connectivity index (χ1v) is 8.36. The SMILES string of the molecule is Nc1ccc(S(=O)(=O)Nc2cc3ccccc3oc2=O)c([N+](=O)[O-])c1. The van der Waals surface area contributed by atoms with Gasteiger partial charge in [-0.3, -0.25) is 14.8 Å². The van der Waals surface area contributed by atoms with Crippen LogP contribution in [0, 0.1) is 10.1 Å². The second kappa shape index (κ2) is 5.91. The molecule has 0 fully saturated rings. The third kappa shape index (κ3) is 3.15. The maximum Gasteiger partial charge on any atom is 0.360 e. The summed E-state index contributed by atoms with van der Waals surface area (Å²) in [4.78, 5) is 21.6. The van der Waals surface area contributed by atoms with Crippen molar-refractivity contribution in [3.63, 3.8) is 0 Å². The van der Waals surface area contributed by atoms with E-state index >= 15 is 0 Å². The zero-order valence-corrected chi connectivity index (χ0v) is 13.3. The van der Waals surface area contributed by atoms with Crippen LogP contribution in [-0.4, -0.2) is 13.3 Å². The van der Waals surface area contributed by atoms with Gasteiger partial charge in [-0.2, -0.15) is 0 Å². The van der Waals surface area contributed by atoms with Gasteiger partial charge in [0.1, 0.15) is 11.3 Å². The molecule has 0 aliphatic heterocycles. The number of sulfonamides is 1. The monoisotopic (exact) mass is 361 g/mol. The largest absolute Gasteiger partial charge is 0.421 e. The fraction of sp³-hybridized carbons (Fsp3) is 0. The zero-order valence-electron chi connectivity index (χ0n) is 12.5. The lowest BCUT2D eigenvalue weighted by atomic mass is 10.2. The summed E-state index contributed by atoms with van der Waals surface area (Å²) in [6.45, 7) is 0. The third-order valence-electron chi connectivity index (χ3n) is 3.35. The van der Waals surface area contributed by atoms with Crippen molar-refractivity contribution in [1.29, 1.82) is 0 Å². The van der Waals surface area contributed by atoms with Crippen molar-refractivity contribution in [1.82, 2.24) is 0 Å². The van der Waals surface area contributed by atoms with Crippen LogP contribution < -0.4 is 16.1 Å². The lowest BCUT2D eigenvalue weighted by Crippen LogP contribution is -2.19. The Morgan fingerprint density at radius 3 is 2.56 bits per heavy atom. The van der Waals surface area contributed by atoms with Gasteiger partial charge in [0.15, 0.2) is 4.90 Å². The van der Waals surface area contributed by atoms with Crippen molar-refractivity contribution >= 4 is 38.1 Å². The molecule has 0 saturated heterocycles. The number of hydrogen-bond donors (Lipinski definition) is 2. The normalized spacial score (nSPS) is 11.4. The van der Waals surface area contributed by atoms with Crippen LogP contribution in [0.4, 0.5) is 17.1 Å². The molecule has 0 atom stereocenters. The van der Waals surface area contributed by atoms with Crippen LogP contribution >= 0.6 is 0 Å². The number of nitro groups is 1. The highest BCUT2D eigenvalue weighted by Crippen LogP contribution is 2.27. The number of nitrogens with zero attached hydrogens (tertiary/aromatic N) is 1. The summed E-state index contributed by atoms with van der Waals surface area (Å²) in [6, 6.07) is 11.0. The fourth-order valence-electron chi connectivity index (χ4n) is 2.24. The first-order chi connectivity index (χ1) is 11.8. The molecule has 0 bridgehead atoms. The van der Waals surface area contributed by atoms with E-state index in [2.05, 4.69) is 0 Å². The molecule has 1 aromatic heterocycles. The number of anilines is 2. The van der Waals surface area contributed by atoms with Gasteiger partial charge in [0.05, 0.1) is 4.92 Å². The minimum absolute atomic E-state index is 0.0378. The molecule has 25 heavy (non-hydrogen) atoms. The number of nitrogens with one attached hydrogen (secondary N) is 1. The van der Waals surface area contributed by atoms with E-state index in [1.807, 2.05) is 4.72 Å². The molecule has 3 N–H and O–H groups in total. The van der Waals surface area contributed by atoms with Gasteiger partial charge in [-0.15, -0.1) is 0 Å². The molecule has 9 nitrogen and oxygen atoms in total. The van der Waals surface area contributed by atoms with Gasteiger partial charge >= 0.3 is 5.63 Å². The Bertz CT molecular complexity index is 1150. The van der Waals surface area contributed by atoms with Crippen molar-refractivity contribution in [3.8, 4) is 0 Å². The summed E-state index contributed by atoms with van der Waals surface area (Å²) in [5, 5.41) is 11.6. The lowest BCUT2D eigenvalue weighted by molar-refractivity contribution is -0.387. The van der Waals surface area contributed by atoms with Crippen molar-refractivity contribution in [2.24, 2.45) is 0 Å². The van der Waals surface area contributed by atoms with Gasteiger partial charge in [-0.25, -0.2) is 13.2 Å². The van der Waals surface area contributed by atoms with Crippen LogP contribution in [0.15, 0.2) is 62.6 Å². The van der Waals surface area contributed by atoms with Crippen LogP contribution in [-0.2, 0) is 10.0 Å². The molecule has 0 aliphatic carbocycles. The minimum atomic E-state index is -4.40. The fourth-order valence-corrected chi connectivity index (χ4v) is 3.43. The summed E-state index contributed by atoms with van der Waals surface area (Å²) in [5.74, 6) is 0. The summed E-state index contributed by atoms with van der Waals surface area (Å²) >= 11 is 0. The van der Waals surface area contributed by atoms with E-state index in [1.54, 1.807) is 24.3 Å². The Morgan fingerprint density at radius 2 is 1.84 bits per heavy atom. The molecule has 128 valence electrons. The molecule has 10 heteroatoms. The molecule has 2 aromatic carbocycles. The number of nitro benzene ring substituents is 1. The number of para-hydroxylation sites is 1. The highest BCUT2D eigenvalue weighted by Gasteiger charge is 2.27. The average molecular weight is 361 g/mol. The Balaban J connectivity index is 2.10. The smallest absolute Gasteiger partial charge is 0.360 e. The molecule has 3 aromatic rings. The van der Waals surface area contributed by atoms with Crippen molar-refractivity contribution in [3.05, 3.63) is 69.1 Å². The first kappa shape index (κ1) is 16.5. The van der Waals surface area contributed by atoms with Crippen molar-refractivity contribution < 1.29 is 17.8 Å². The average Bonchev–Trinajstić information content (AvgIpc) is 2.55. The summed E-state index contributed by atoms with van der Waals surface area (Å²) in [5.41, 5.74) is 3.82. The van der Waals surface area contributed by atoms with E-state index in [1.165, 1.54) is 12.1 Å². The molecule has 0 radical (unpaired) electrons. The highest BCUT2D eigenvalue weighted by molar-refractivity contribution is 7.92. The standard InChI is InChI=1S/C15H11N3O6S/c16-10-5-6-14(12(8-10)18(20)21)25(22,23)17-11-7-9-3-1-2-4-13(9)24-15(11)19/h1-8,17H,16H2. The maximum atomic E-state index is 12.5. The van der Waals surface area contributed by atoms with Crippen LogP contribution in [0.1, 0.15) is 0 Å². The first-order valence-electron chi connectivity index (χ1n) is 6.87. The number of nitrogen functional groups attached to an aromatic ring is 1. The van der Waals surface area contributed by atoms with Crippen molar-refractivity contribution in [2.75, 3.05) is 10.5 Å². The van der Waals surface area contributed by atoms with Crippen LogP contribution in [0.25, 0.3) is 11.0 Å². The highest BCUT2D eigenvalue weighted by atomic mass is 32.2. The number of hydrogen-bond acceptors (Lipinski definition) is 7. The summed E-state index contributed by atoms with van der Waals surface area (Å²) < 4.78 is 32.0. The third-order valence-corrected chi connectivity index (χ3v) is 4.77. The number of rotatable bonds is 4. The van der Waals surface area contributed by atoms with E-state index in [9.17, 15) is 23.3 Å². The molecule has 0 unspecified atom stereocenters. The van der Waals surface area contributed by atoms with Crippen LogP contribution in [0.5, 0.6) is 0 Å². The zero-order chi connectivity index (χ0) is 18.2. The van der Waals surface area contributed by atoms with Crippen molar-refractivity contribution in [2.45, 2.75) is 4.90 Å². The van der Waals surface area contributed by atoms with Crippen LogP contribution in [0.2, 0.25) is 0 Å². The number of nitrogens with two attached hydrogens (primary N) is 1. The van der Waals surface area contributed by atoms with Gasteiger partial charge in [0.25, 0.3) is 15.7 Å². The Morgan fingerprint density at radius 1 is 1.12 bits per heavy atom. The maximum absolute atomic E-state index is 12.5. The van der Waals surface area contributed by atoms with E-state index in [4.69, 9.17) is 10.2 Å². The summed E-state index contributed by atoms with van der Waals surface area (Å²) in [6.07, 6.45) is 0. The second-order valence-corrected chi connectivity index (χ2v) is 6.73. The molecule has 0 spiro atoms. The molecular formula is C15H11N3O6S. The van der Waals surface area contributed by atoms with Gasteiger partial charge < -0.3 is 10.2 Å². The quantitative estimate of drug-likeness (QED) is 0.313. The predicted molar refractivity (Wildman–Crippen MR) is 90.8 cm³/mol. The Labute approximate surface area is 140 Å². The van der Waals surface area contributed by atoms with Gasteiger partial charge in [-0.05, 0) is 24.3 Å². The molecule has 1 heterocycles. The molecule has 0 aliphatic rings. The van der Waals surface area contributed by atoms with Gasteiger partial charge in [-0.1, -0.05) is 18.2 Å².